The molecule has 2 atom stereocenters. The van der Waals surface area contributed by atoms with Gasteiger partial charge < -0.3 is 0 Å². The predicted octanol–water partition coefficient (Wildman–Crippen LogP) is 9.07. The van der Waals surface area contributed by atoms with Gasteiger partial charge in [0.25, 0.3) is 0 Å². The van der Waals surface area contributed by atoms with Crippen LogP contribution in [0.4, 0.5) is 0 Å². The van der Waals surface area contributed by atoms with Gasteiger partial charge in [-0.15, -0.1) is 11.6 Å². The third kappa shape index (κ3) is 5.14. The molecule has 0 aliphatic heterocycles. The van der Waals surface area contributed by atoms with E-state index in [4.69, 9.17) is 0 Å². The first kappa shape index (κ1) is 25.9. The van der Waals surface area contributed by atoms with Gasteiger partial charge in [0.05, 0.1) is 0 Å². The van der Waals surface area contributed by atoms with Crippen molar-refractivity contribution in [2.45, 2.75) is 24.2 Å². The molecular weight excluding hydrogens is 580 g/mol. The number of hydrogen-bond donors (Lipinski definition) is 0. The summed E-state index contributed by atoms with van der Waals surface area (Å²) in [6, 6.07) is 38.5. The Balaban J connectivity index is 0.000000848. The fourth-order valence-corrected chi connectivity index (χ4v) is 16.3. The Hall–Kier alpha value is -1.76. The van der Waals surface area contributed by atoms with Crippen LogP contribution in [-0.4, -0.2) is 15.2 Å². The fraction of sp³-hybridized carbons (Fsp3) is 0.176. The molecule has 0 saturated heterocycles. The largest absolute Gasteiger partial charge is 0.229 e. The first-order valence-electron chi connectivity index (χ1n) is 13.2. The molecule has 4 aromatic rings. The minimum Gasteiger partial charge on any atom is -0.109 e. The van der Waals surface area contributed by atoms with Gasteiger partial charge in [-0.05, 0) is 0 Å². The van der Waals surface area contributed by atoms with Crippen LogP contribution in [0.2, 0.25) is 14.1 Å². The average Bonchev–Trinajstić information content (AvgIpc) is 3.49. The zero-order valence-corrected chi connectivity index (χ0v) is 26.5. The third-order valence-corrected chi connectivity index (χ3v) is 17.1. The normalized spacial score (nSPS) is 17.2. The van der Waals surface area contributed by atoms with Crippen molar-refractivity contribution in [2.24, 2.45) is 0 Å². The molecule has 177 valence electrons. The van der Waals surface area contributed by atoms with Crippen molar-refractivity contribution in [1.82, 2.24) is 0 Å². The molecule has 2 unspecified atom stereocenters. The van der Waals surface area contributed by atoms with Gasteiger partial charge in [-0.3, -0.25) is 0 Å². The van der Waals surface area contributed by atoms with Gasteiger partial charge in [0, 0.05) is 0 Å². The van der Waals surface area contributed by atoms with Gasteiger partial charge in [-0.1, -0.05) is 0 Å². The Labute approximate surface area is 237 Å². The van der Waals surface area contributed by atoms with E-state index in [9.17, 15) is 0 Å². The van der Waals surface area contributed by atoms with Crippen LogP contribution >= 0.6 is 0 Å². The van der Waals surface area contributed by atoms with Gasteiger partial charge in [0.2, 0.25) is 15.2 Å². The summed E-state index contributed by atoms with van der Waals surface area (Å²) in [5.74, 6) is 4.53. The first-order valence-corrected chi connectivity index (χ1v) is 22.9. The van der Waals surface area contributed by atoms with E-state index in [2.05, 4.69) is 136 Å². The number of fused-ring (bicyclic) bond motifs is 2. The molecule has 0 bridgehead atoms. The first-order chi connectivity index (χ1) is 17.6. The molecule has 2 heteroatoms. The molecule has 0 aromatic heterocycles. The molecule has 0 spiro atoms. The van der Waals surface area contributed by atoms with Crippen LogP contribution in [0.1, 0.15) is 42.1 Å². The molecule has 0 radical (unpaired) electrons. The third-order valence-electron chi connectivity index (χ3n) is 7.26. The quantitative estimate of drug-likeness (QED) is 0.202. The number of rotatable bonds is 4. The standard InChI is InChI=1S/C16H13.C15H11.3CH3.Al.Nd.H/c1-12-6-8-13(9-7-12)16-10-14-4-2-3-5-15(14)11-16;1-2-6-12(7-3-1)15-10-13-8-4-5-9-14(13)11-15;;;;;;/h2-11H,1H3;1-11H;3*1H3;;;. The monoisotopic (exact) mass is 611 g/mol. The summed E-state index contributed by atoms with van der Waals surface area (Å²) in [4.78, 5) is 0. The minimum absolute atomic E-state index is 0.417. The maximum absolute atomic E-state index is 2.67. The summed E-state index contributed by atoms with van der Waals surface area (Å²) in [6.07, 6.45) is 4.95. The molecule has 36 heavy (non-hydrogen) atoms. The SMILES string of the molecule is Cc1ccc(C2=Cc3ccccc3[CH]2[Nd]([CH3])[CH]2C(c3ccccc3)=Cc3ccccc32)cc1.[CH3][AlH][CH3]. The van der Waals surface area contributed by atoms with Crippen LogP contribution in [0, 0.1) is 41.6 Å². The van der Waals surface area contributed by atoms with E-state index in [-0.39, 0.29) is 0 Å². The van der Waals surface area contributed by atoms with Crippen molar-refractivity contribution < 1.29 is 34.6 Å². The summed E-state index contributed by atoms with van der Waals surface area (Å²) in [5.41, 5.74) is 13.1. The van der Waals surface area contributed by atoms with Gasteiger partial charge in [-0.25, -0.2) is 0 Å². The second-order valence-corrected chi connectivity index (χ2v) is 19.9. The van der Waals surface area contributed by atoms with Gasteiger partial charge in [0.15, 0.2) is 0 Å². The van der Waals surface area contributed by atoms with E-state index in [1.165, 1.54) is 39.0 Å². The predicted molar refractivity (Wildman–Crippen MR) is 156 cm³/mol. The van der Waals surface area contributed by atoms with Crippen molar-refractivity contribution >= 4 is 38.5 Å². The summed E-state index contributed by atoms with van der Waals surface area (Å²) in [6.45, 7) is 2.17. The number of benzene rings is 4. The van der Waals surface area contributed by atoms with Gasteiger partial charge in [0.1, 0.15) is 0 Å². The number of aryl methyl sites for hydroxylation is 1. The van der Waals surface area contributed by atoms with Crippen LogP contribution in [0.3, 0.4) is 0 Å². The second kappa shape index (κ2) is 11.7. The maximum atomic E-state index is 2.67. The van der Waals surface area contributed by atoms with Crippen LogP contribution in [0.25, 0.3) is 23.3 Å². The van der Waals surface area contributed by atoms with Crippen molar-refractivity contribution in [1.29, 1.82) is 0 Å². The topological polar surface area (TPSA) is 0 Å². The minimum atomic E-state index is -2.34. The van der Waals surface area contributed by atoms with Crippen molar-refractivity contribution in [2.75, 3.05) is 0 Å². The van der Waals surface area contributed by atoms with E-state index in [0.29, 0.717) is 18.4 Å². The molecule has 0 heterocycles. The van der Waals surface area contributed by atoms with E-state index < -0.39 is 34.6 Å². The molecule has 0 saturated carbocycles. The van der Waals surface area contributed by atoms with Gasteiger partial charge in [-0.2, -0.15) is 0 Å². The van der Waals surface area contributed by atoms with Gasteiger partial charge >= 0.3 is 213 Å². The Bertz CT molecular complexity index is 1400. The average molecular weight is 614 g/mol. The fourth-order valence-electron chi connectivity index (χ4n) is 5.67. The molecule has 0 fully saturated rings. The molecule has 2 aliphatic carbocycles. The van der Waals surface area contributed by atoms with E-state index in [0.717, 1.165) is 0 Å². The molecule has 0 nitrogen and oxygen atoms in total. The zero-order valence-electron chi connectivity index (χ0n) is 21.8. The van der Waals surface area contributed by atoms with Crippen LogP contribution in [0.5, 0.6) is 0 Å². The van der Waals surface area contributed by atoms with E-state index >= 15 is 0 Å². The number of allylic oxidation sites excluding steroid dienone is 2. The summed E-state index contributed by atoms with van der Waals surface area (Å²) in [7, 11) is 0. The Morgan fingerprint density at radius 1 is 0.556 bits per heavy atom. The van der Waals surface area contributed by atoms with Crippen LogP contribution < -0.4 is 0 Å². The second-order valence-electron chi connectivity index (χ2n) is 10.0. The Kier molecular flexibility index (Phi) is 8.44. The summed E-state index contributed by atoms with van der Waals surface area (Å²) in [5, 5.41) is 0. The molecule has 0 amide bonds. The summed E-state index contributed by atoms with van der Waals surface area (Å²) >= 11 is -1.93. The van der Waals surface area contributed by atoms with Crippen LogP contribution in [-0.2, 0) is 0 Å². The smallest absolute Gasteiger partial charge is 0.109 e. The molecule has 0 N–H and O–H groups in total. The molecule has 4 aromatic carbocycles. The van der Waals surface area contributed by atoms with Crippen molar-refractivity contribution in [3.63, 3.8) is 0 Å². The van der Waals surface area contributed by atoms with Crippen molar-refractivity contribution in [3.8, 4) is 0 Å². The molecule has 6 rings (SSSR count). The Morgan fingerprint density at radius 3 is 1.47 bits per heavy atom. The molecular formula is C34H34AlNd. The van der Waals surface area contributed by atoms with Crippen molar-refractivity contribution in [3.05, 3.63) is 142 Å². The molecule has 2 aliphatic rings. The maximum Gasteiger partial charge on any atom is 0.229 e. The summed E-state index contributed by atoms with van der Waals surface area (Å²) < 4.78 is 3.80. The number of hydrogen-bond acceptors (Lipinski definition) is 0. The van der Waals surface area contributed by atoms with E-state index in [1.807, 2.05) is 0 Å². The van der Waals surface area contributed by atoms with Crippen LogP contribution in [0.15, 0.2) is 103 Å². The van der Waals surface area contributed by atoms with E-state index in [1.54, 1.807) is 11.1 Å². The Morgan fingerprint density at radius 2 is 0.972 bits per heavy atom. The zero-order chi connectivity index (χ0) is 25.1.